The topological polar surface area (TPSA) is 46.5 Å². The lowest BCUT2D eigenvalue weighted by molar-refractivity contribution is 0.0979. The molecular formula is C14H20O3. The second-order valence-corrected chi connectivity index (χ2v) is 4.12. The Kier molecular flexibility index (Phi) is 5.53. The maximum absolute atomic E-state index is 11.9. The van der Waals surface area contributed by atoms with Crippen LogP contribution >= 0.6 is 0 Å². The molecule has 0 radical (unpaired) electrons. The molecule has 0 heterocycles. The van der Waals surface area contributed by atoms with E-state index < -0.39 is 0 Å². The average Bonchev–Trinajstić information content (AvgIpc) is 2.35. The van der Waals surface area contributed by atoms with E-state index in [-0.39, 0.29) is 11.5 Å². The van der Waals surface area contributed by atoms with E-state index in [4.69, 9.17) is 4.74 Å². The van der Waals surface area contributed by atoms with Crippen molar-refractivity contribution in [3.63, 3.8) is 0 Å². The van der Waals surface area contributed by atoms with Crippen LogP contribution in [0.25, 0.3) is 0 Å². The third-order valence-corrected chi connectivity index (χ3v) is 2.76. The van der Waals surface area contributed by atoms with Crippen molar-refractivity contribution in [3.05, 3.63) is 23.8 Å². The van der Waals surface area contributed by atoms with Crippen LogP contribution in [-0.2, 0) is 0 Å². The number of methoxy groups -OCH3 is 1. The number of benzene rings is 1. The highest BCUT2D eigenvalue weighted by Crippen LogP contribution is 2.26. The molecule has 0 aromatic heterocycles. The monoisotopic (exact) mass is 236 g/mol. The van der Waals surface area contributed by atoms with Crippen molar-refractivity contribution in [2.75, 3.05) is 7.11 Å². The smallest absolute Gasteiger partial charge is 0.163 e. The van der Waals surface area contributed by atoms with Gasteiger partial charge in [0.05, 0.1) is 7.11 Å². The second-order valence-electron chi connectivity index (χ2n) is 4.12. The van der Waals surface area contributed by atoms with Crippen molar-refractivity contribution in [1.29, 1.82) is 0 Å². The van der Waals surface area contributed by atoms with Crippen molar-refractivity contribution < 1.29 is 14.6 Å². The first-order valence-corrected chi connectivity index (χ1v) is 6.09. The van der Waals surface area contributed by atoms with Crippen LogP contribution in [-0.4, -0.2) is 18.0 Å². The number of carbonyl (C=O) groups excluding carboxylic acids is 1. The molecule has 0 aliphatic carbocycles. The lowest BCUT2D eigenvalue weighted by atomic mass is 10.0. The van der Waals surface area contributed by atoms with Crippen molar-refractivity contribution in [2.45, 2.75) is 39.0 Å². The fraction of sp³-hybridized carbons (Fsp3) is 0.500. The molecule has 0 aliphatic rings. The predicted octanol–water partition coefficient (Wildman–Crippen LogP) is 3.55. The molecule has 0 atom stereocenters. The first-order valence-electron chi connectivity index (χ1n) is 6.09. The zero-order valence-electron chi connectivity index (χ0n) is 10.5. The number of hydrogen-bond acceptors (Lipinski definition) is 3. The van der Waals surface area contributed by atoms with Gasteiger partial charge in [0.25, 0.3) is 0 Å². The van der Waals surface area contributed by atoms with E-state index in [1.165, 1.54) is 26.0 Å². The summed E-state index contributed by atoms with van der Waals surface area (Å²) < 4.78 is 4.98. The van der Waals surface area contributed by atoms with Gasteiger partial charge in [-0.25, -0.2) is 0 Å². The molecule has 0 saturated carbocycles. The number of phenolic OH excluding ortho intramolecular Hbond substituents is 1. The molecule has 0 unspecified atom stereocenters. The molecule has 0 spiro atoms. The van der Waals surface area contributed by atoms with Crippen molar-refractivity contribution in [3.8, 4) is 11.5 Å². The minimum Gasteiger partial charge on any atom is -0.504 e. The molecule has 1 rings (SSSR count). The Morgan fingerprint density at radius 1 is 1.29 bits per heavy atom. The molecule has 17 heavy (non-hydrogen) atoms. The number of ketones is 1. The largest absolute Gasteiger partial charge is 0.504 e. The molecule has 0 aliphatic heterocycles. The summed E-state index contributed by atoms with van der Waals surface area (Å²) in [7, 11) is 1.48. The van der Waals surface area contributed by atoms with Crippen molar-refractivity contribution in [1.82, 2.24) is 0 Å². The minimum absolute atomic E-state index is 0.0648. The summed E-state index contributed by atoms with van der Waals surface area (Å²) >= 11 is 0. The van der Waals surface area contributed by atoms with Crippen LogP contribution in [0.3, 0.4) is 0 Å². The van der Waals surface area contributed by atoms with E-state index >= 15 is 0 Å². The number of aromatic hydroxyl groups is 1. The van der Waals surface area contributed by atoms with Gasteiger partial charge in [-0.3, -0.25) is 4.79 Å². The van der Waals surface area contributed by atoms with Crippen LogP contribution in [0.1, 0.15) is 49.4 Å². The lowest BCUT2D eigenvalue weighted by Gasteiger charge is -2.06. The third kappa shape index (κ3) is 4.10. The Morgan fingerprint density at radius 3 is 2.71 bits per heavy atom. The zero-order valence-corrected chi connectivity index (χ0v) is 10.5. The number of rotatable bonds is 7. The number of ether oxygens (including phenoxy) is 1. The standard InChI is InChI=1S/C14H20O3/c1-3-4-5-6-7-12(15)11-8-9-13(16)14(10-11)17-2/h8-10,16H,3-7H2,1-2H3. The van der Waals surface area contributed by atoms with Gasteiger partial charge in [-0.05, 0) is 24.6 Å². The van der Waals surface area contributed by atoms with Gasteiger partial charge in [-0.15, -0.1) is 0 Å². The SMILES string of the molecule is CCCCCCC(=O)c1ccc(O)c(OC)c1. The molecular weight excluding hydrogens is 216 g/mol. The highest BCUT2D eigenvalue weighted by Gasteiger charge is 2.09. The third-order valence-electron chi connectivity index (χ3n) is 2.76. The van der Waals surface area contributed by atoms with Crippen molar-refractivity contribution in [2.24, 2.45) is 0 Å². The molecule has 0 bridgehead atoms. The summed E-state index contributed by atoms with van der Waals surface area (Å²) in [5.41, 5.74) is 0.608. The van der Waals surface area contributed by atoms with Gasteiger partial charge in [0.2, 0.25) is 0 Å². The summed E-state index contributed by atoms with van der Waals surface area (Å²) in [6.07, 6.45) is 4.93. The van der Waals surface area contributed by atoms with Gasteiger partial charge in [0, 0.05) is 12.0 Å². The summed E-state index contributed by atoms with van der Waals surface area (Å²) in [6.45, 7) is 2.15. The Bertz CT molecular complexity index is 372. The molecule has 1 aromatic rings. The fourth-order valence-electron chi connectivity index (χ4n) is 1.71. The first kappa shape index (κ1) is 13.6. The normalized spacial score (nSPS) is 10.2. The summed E-state index contributed by atoms with van der Waals surface area (Å²) in [5.74, 6) is 0.527. The van der Waals surface area contributed by atoms with Gasteiger partial charge in [-0.2, -0.15) is 0 Å². The minimum atomic E-state index is 0.0648. The first-order chi connectivity index (χ1) is 8.19. The molecule has 0 amide bonds. The Morgan fingerprint density at radius 2 is 2.06 bits per heavy atom. The van der Waals surface area contributed by atoms with Crippen LogP contribution < -0.4 is 4.74 Å². The Labute approximate surface area is 102 Å². The van der Waals surface area contributed by atoms with Crippen LogP contribution in [0.4, 0.5) is 0 Å². The average molecular weight is 236 g/mol. The van der Waals surface area contributed by atoms with Crippen LogP contribution in [0.15, 0.2) is 18.2 Å². The van der Waals surface area contributed by atoms with Crippen molar-refractivity contribution >= 4 is 5.78 Å². The molecule has 3 heteroatoms. The van der Waals surface area contributed by atoms with Gasteiger partial charge >= 0.3 is 0 Å². The molecule has 3 nitrogen and oxygen atoms in total. The van der Waals surface area contributed by atoms with E-state index in [0.717, 1.165) is 12.8 Å². The summed E-state index contributed by atoms with van der Waals surface area (Å²) in [5, 5.41) is 9.43. The van der Waals surface area contributed by atoms with Gasteiger partial charge in [0.1, 0.15) is 0 Å². The van der Waals surface area contributed by atoms with E-state index in [0.29, 0.717) is 17.7 Å². The molecule has 1 N–H and O–H groups in total. The van der Waals surface area contributed by atoms with Gasteiger partial charge < -0.3 is 9.84 Å². The molecule has 0 fully saturated rings. The lowest BCUT2D eigenvalue weighted by Crippen LogP contribution is -1.99. The van der Waals surface area contributed by atoms with Gasteiger partial charge in [0.15, 0.2) is 17.3 Å². The Hall–Kier alpha value is -1.51. The number of phenols is 1. The number of carbonyl (C=O) groups is 1. The predicted molar refractivity (Wildman–Crippen MR) is 67.7 cm³/mol. The maximum Gasteiger partial charge on any atom is 0.163 e. The molecule has 1 aromatic carbocycles. The second kappa shape index (κ2) is 6.94. The van der Waals surface area contributed by atoms with Crippen LogP contribution in [0.2, 0.25) is 0 Å². The van der Waals surface area contributed by atoms with E-state index in [1.807, 2.05) is 0 Å². The maximum atomic E-state index is 11.9. The zero-order chi connectivity index (χ0) is 12.7. The van der Waals surface area contributed by atoms with E-state index in [9.17, 15) is 9.90 Å². The molecule has 0 saturated heterocycles. The van der Waals surface area contributed by atoms with Gasteiger partial charge in [-0.1, -0.05) is 26.2 Å². The fourth-order valence-corrected chi connectivity index (χ4v) is 1.71. The quantitative estimate of drug-likeness (QED) is 0.581. The highest BCUT2D eigenvalue weighted by atomic mass is 16.5. The van der Waals surface area contributed by atoms with Crippen LogP contribution in [0, 0.1) is 0 Å². The molecule has 94 valence electrons. The summed E-state index contributed by atoms with van der Waals surface area (Å²) in [4.78, 5) is 11.9. The number of hydrogen-bond donors (Lipinski definition) is 1. The number of unbranched alkanes of at least 4 members (excludes halogenated alkanes) is 3. The van der Waals surface area contributed by atoms with Crippen LogP contribution in [0.5, 0.6) is 11.5 Å². The Balaban J connectivity index is 2.57. The summed E-state index contributed by atoms with van der Waals surface area (Å²) in [6, 6.07) is 4.73. The highest BCUT2D eigenvalue weighted by molar-refractivity contribution is 5.96. The van der Waals surface area contributed by atoms with E-state index in [1.54, 1.807) is 12.1 Å². The van der Waals surface area contributed by atoms with E-state index in [2.05, 4.69) is 6.92 Å². The number of Topliss-reactive ketones (excluding diaryl/α,β-unsaturated/α-hetero) is 1.